The van der Waals surface area contributed by atoms with Crippen LogP contribution < -0.4 is 0 Å². The Labute approximate surface area is 67.6 Å². The summed E-state index contributed by atoms with van der Waals surface area (Å²) < 4.78 is 9.11. The van der Waals surface area contributed by atoms with E-state index < -0.39 is 5.97 Å². The Kier molecular flexibility index (Phi) is 2.47. The molecule has 1 rings (SSSR count). The Morgan fingerprint density at radius 2 is 2.42 bits per heavy atom. The van der Waals surface area contributed by atoms with Gasteiger partial charge in [0.05, 0.1) is 0 Å². The molecule has 64 valence electrons. The average Bonchev–Trinajstić information content (AvgIpc) is 2.48. The molecule has 0 amide bonds. The van der Waals surface area contributed by atoms with Gasteiger partial charge in [0, 0.05) is 0 Å². The number of carboxylic acid groups (broad SMARTS) is 1. The van der Waals surface area contributed by atoms with E-state index in [0.29, 0.717) is 5.76 Å². The minimum Gasteiger partial charge on any atom is -0.475 e. The van der Waals surface area contributed by atoms with Crippen LogP contribution in [0.5, 0.6) is 0 Å². The number of furan rings is 1. The number of rotatable bonds is 4. The van der Waals surface area contributed by atoms with Gasteiger partial charge in [-0.15, -0.1) is 0 Å². The van der Waals surface area contributed by atoms with Gasteiger partial charge < -0.3 is 14.3 Å². The Bertz CT molecular complexity index is 288. The molecule has 5 nitrogen and oxygen atoms in total. The van der Waals surface area contributed by atoms with Crippen molar-refractivity contribution in [1.82, 2.24) is 0 Å². The van der Waals surface area contributed by atoms with Crippen molar-refractivity contribution < 1.29 is 23.8 Å². The van der Waals surface area contributed by atoms with E-state index in [1.54, 1.807) is 0 Å². The van der Waals surface area contributed by atoms with Gasteiger partial charge in [-0.25, -0.2) is 4.79 Å². The van der Waals surface area contributed by atoms with Crippen molar-refractivity contribution in [2.45, 2.75) is 6.61 Å². The van der Waals surface area contributed by atoms with Gasteiger partial charge in [0.2, 0.25) is 5.76 Å². The summed E-state index contributed by atoms with van der Waals surface area (Å²) >= 11 is 0. The Balaban J connectivity index is 2.64. The zero-order valence-corrected chi connectivity index (χ0v) is 6.02. The second kappa shape index (κ2) is 3.56. The fourth-order valence-corrected chi connectivity index (χ4v) is 0.687. The summed E-state index contributed by atoms with van der Waals surface area (Å²) in [6, 6.07) is 2.73. The lowest BCUT2D eigenvalue weighted by Gasteiger charge is -1.91. The monoisotopic (exact) mass is 170 g/mol. The van der Waals surface area contributed by atoms with E-state index in [4.69, 9.17) is 9.52 Å². The molecule has 1 N–H and O–H groups in total. The second-order valence-electron chi connectivity index (χ2n) is 1.98. The van der Waals surface area contributed by atoms with E-state index in [2.05, 4.69) is 4.74 Å². The van der Waals surface area contributed by atoms with Crippen LogP contribution >= 0.6 is 0 Å². The largest absolute Gasteiger partial charge is 0.475 e. The van der Waals surface area contributed by atoms with E-state index in [0.717, 1.165) is 0 Å². The zero-order valence-electron chi connectivity index (χ0n) is 6.02. The van der Waals surface area contributed by atoms with E-state index >= 15 is 0 Å². The maximum absolute atomic E-state index is 10.3. The van der Waals surface area contributed by atoms with Gasteiger partial charge in [-0.1, -0.05) is 0 Å². The van der Waals surface area contributed by atoms with Crippen LogP contribution in [0.3, 0.4) is 0 Å². The van der Waals surface area contributed by atoms with Gasteiger partial charge >= 0.3 is 5.97 Å². The minimum atomic E-state index is -1.15. The number of hydrogen-bond acceptors (Lipinski definition) is 4. The minimum absolute atomic E-state index is 0.0449. The number of carbonyl (C=O) groups is 2. The van der Waals surface area contributed by atoms with Crippen molar-refractivity contribution in [2.24, 2.45) is 0 Å². The standard InChI is InChI=1S/C7H6O5/c8-4-11-3-5-1-2-6(12-5)7(9)10/h1-2,4H,3H2,(H,9,10). The number of hydrogen-bond donors (Lipinski definition) is 1. The van der Waals surface area contributed by atoms with Gasteiger partial charge in [-0.3, -0.25) is 4.79 Å². The lowest BCUT2D eigenvalue weighted by atomic mass is 10.4. The van der Waals surface area contributed by atoms with Crippen LogP contribution in [-0.4, -0.2) is 17.5 Å². The molecular weight excluding hydrogens is 164 g/mol. The zero-order chi connectivity index (χ0) is 8.97. The molecule has 12 heavy (non-hydrogen) atoms. The Morgan fingerprint density at radius 3 is 2.92 bits per heavy atom. The highest BCUT2D eigenvalue weighted by Gasteiger charge is 2.08. The quantitative estimate of drug-likeness (QED) is 0.671. The topological polar surface area (TPSA) is 76.7 Å². The summed E-state index contributed by atoms with van der Waals surface area (Å²) in [7, 11) is 0. The number of aromatic carboxylic acids is 1. The molecule has 0 saturated carbocycles. The lowest BCUT2D eigenvalue weighted by molar-refractivity contribution is -0.130. The molecule has 1 aromatic heterocycles. The van der Waals surface area contributed by atoms with Gasteiger partial charge in [-0.2, -0.15) is 0 Å². The third-order valence-electron chi connectivity index (χ3n) is 1.17. The molecule has 0 aliphatic rings. The van der Waals surface area contributed by atoms with E-state index in [9.17, 15) is 9.59 Å². The molecule has 1 heterocycles. The molecule has 1 aromatic rings. The van der Waals surface area contributed by atoms with Crippen molar-refractivity contribution in [3.05, 3.63) is 23.7 Å². The van der Waals surface area contributed by atoms with Crippen LogP contribution in [0.25, 0.3) is 0 Å². The first-order valence-corrected chi connectivity index (χ1v) is 3.11. The molecule has 5 heteroatoms. The van der Waals surface area contributed by atoms with Gasteiger partial charge in [0.25, 0.3) is 6.47 Å². The molecule has 0 aliphatic heterocycles. The molecule has 0 atom stereocenters. The molecule has 0 radical (unpaired) electrons. The highest BCUT2D eigenvalue weighted by Crippen LogP contribution is 2.08. The van der Waals surface area contributed by atoms with Crippen LogP contribution in [0.2, 0.25) is 0 Å². The number of carbonyl (C=O) groups excluding carboxylic acids is 1. The van der Waals surface area contributed by atoms with E-state index in [1.165, 1.54) is 12.1 Å². The fraction of sp³-hybridized carbons (Fsp3) is 0.143. The van der Waals surface area contributed by atoms with Crippen molar-refractivity contribution in [3.63, 3.8) is 0 Å². The van der Waals surface area contributed by atoms with Crippen LogP contribution in [0.15, 0.2) is 16.5 Å². The van der Waals surface area contributed by atoms with E-state index in [1.807, 2.05) is 0 Å². The summed E-state index contributed by atoms with van der Waals surface area (Å²) in [4.78, 5) is 20.0. The first kappa shape index (κ1) is 8.32. The molecule has 0 spiro atoms. The highest BCUT2D eigenvalue weighted by molar-refractivity contribution is 5.84. The smallest absolute Gasteiger partial charge is 0.371 e. The summed E-state index contributed by atoms with van der Waals surface area (Å²) in [5, 5.41) is 8.42. The first-order chi connectivity index (χ1) is 5.74. The maximum Gasteiger partial charge on any atom is 0.371 e. The van der Waals surface area contributed by atoms with Gasteiger partial charge in [0.15, 0.2) is 0 Å². The van der Waals surface area contributed by atoms with Crippen LogP contribution in [0.1, 0.15) is 16.3 Å². The second-order valence-corrected chi connectivity index (χ2v) is 1.98. The van der Waals surface area contributed by atoms with E-state index in [-0.39, 0.29) is 18.8 Å². The Morgan fingerprint density at radius 1 is 1.67 bits per heavy atom. The molecule has 0 unspecified atom stereocenters. The third kappa shape index (κ3) is 1.85. The lowest BCUT2D eigenvalue weighted by Crippen LogP contribution is -1.92. The fourth-order valence-electron chi connectivity index (χ4n) is 0.687. The predicted molar refractivity (Wildman–Crippen MR) is 36.5 cm³/mol. The molecule has 0 bridgehead atoms. The normalized spacial score (nSPS) is 9.33. The van der Waals surface area contributed by atoms with Gasteiger partial charge in [0.1, 0.15) is 12.4 Å². The third-order valence-corrected chi connectivity index (χ3v) is 1.17. The van der Waals surface area contributed by atoms with Crippen LogP contribution in [-0.2, 0) is 16.1 Å². The molecule has 0 aromatic carbocycles. The summed E-state index contributed by atoms with van der Waals surface area (Å²) in [6.45, 7) is 0.222. The number of ether oxygens (including phenoxy) is 1. The van der Waals surface area contributed by atoms with Crippen molar-refractivity contribution in [2.75, 3.05) is 0 Å². The van der Waals surface area contributed by atoms with Crippen molar-refractivity contribution in [1.29, 1.82) is 0 Å². The maximum atomic E-state index is 10.3. The summed E-state index contributed by atoms with van der Waals surface area (Å²) in [5.41, 5.74) is 0. The van der Waals surface area contributed by atoms with Crippen molar-refractivity contribution >= 4 is 12.4 Å². The molecule has 0 aliphatic carbocycles. The van der Waals surface area contributed by atoms with Crippen LogP contribution in [0.4, 0.5) is 0 Å². The van der Waals surface area contributed by atoms with Gasteiger partial charge in [-0.05, 0) is 12.1 Å². The molecular formula is C7H6O5. The molecule has 0 saturated heterocycles. The summed E-state index contributed by atoms with van der Waals surface area (Å²) in [6.07, 6.45) is 0. The average molecular weight is 170 g/mol. The highest BCUT2D eigenvalue weighted by atomic mass is 16.5. The predicted octanol–water partition coefficient (Wildman–Crippen LogP) is 0.651. The summed E-state index contributed by atoms with van der Waals surface area (Å²) in [5.74, 6) is -1.01. The first-order valence-electron chi connectivity index (χ1n) is 3.11. The SMILES string of the molecule is O=COCc1ccc(C(=O)O)o1. The molecule has 0 fully saturated rings. The van der Waals surface area contributed by atoms with Crippen molar-refractivity contribution in [3.8, 4) is 0 Å². The Hall–Kier alpha value is -1.78. The number of carboxylic acids is 1. The van der Waals surface area contributed by atoms with Crippen LogP contribution in [0, 0.1) is 0 Å².